The second-order valence-corrected chi connectivity index (χ2v) is 3.76. The minimum Gasteiger partial charge on any atom is -0.481 e. The molecule has 0 rings (SSSR count). The van der Waals surface area contributed by atoms with Gasteiger partial charge in [0.05, 0.1) is 0 Å². The fourth-order valence-corrected chi connectivity index (χ4v) is 1.48. The number of hydrogen-bond donors (Lipinski definition) is 2. The van der Waals surface area contributed by atoms with Crippen LogP contribution in [0.25, 0.3) is 0 Å². The molecule has 0 radical (unpaired) electrons. The molecular weight excluding hydrogens is 230 g/mol. The van der Waals surface area contributed by atoms with Gasteiger partial charge in [0.25, 0.3) is 0 Å². The Kier molecular flexibility index (Phi) is 22.4. The summed E-state index contributed by atoms with van der Waals surface area (Å²) in [5.74, 6) is -0.673. The van der Waals surface area contributed by atoms with Crippen molar-refractivity contribution in [1.82, 2.24) is 0 Å². The standard InChI is InChI=1S/C11H23NO2.ClH.H2O/c12-10-8-6-4-2-1-3-5-7-9-11(13)14;;/h1-10,12H2,(H,13,14);1H;1H2. The molecule has 0 heterocycles. The van der Waals surface area contributed by atoms with Crippen LogP contribution in [0.1, 0.15) is 57.8 Å². The summed E-state index contributed by atoms with van der Waals surface area (Å²) in [6.07, 6.45) is 9.56. The number of hydrogen-bond acceptors (Lipinski definition) is 2. The van der Waals surface area contributed by atoms with Gasteiger partial charge in [-0.05, 0) is 19.4 Å². The number of carboxylic acid groups (broad SMARTS) is 1. The van der Waals surface area contributed by atoms with Gasteiger partial charge in [0.15, 0.2) is 0 Å². The van der Waals surface area contributed by atoms with Crippen LogP contribution in [0.3, 0.4) is 0 Å². The molecule has 0 unspecified atom stereocenters. The van der Waals surface area contributed by atoms with Crippen molar-refractivity contribution in [3.63, 3.8) is 0 Å². The molecule has 0 amide bonds. The van der Waals surface area contributed by atoms with Gasteiger partial charge in [-0.25, -0.2) is 0 Å². The quantitative estimate of drug-likeness (QED) is 0.586. The fourth-order valence-electron chi connectivity index (χ4n) is 1.48. The molecule has 0 aromatic heterocycles. The molecule has 0 aliphatic rings. The van der Waals surface area contributed by atoms with Crippen molar-refractivity contribution in [2.45, 2.75) is 57.8 Å². The lowest BCUT2D eigenvalue weighted by molar-refractivity contribution is -0.137. The van der Waals surface area contributed by atoms with Crippen LogP contribution in [0.4, 0.5) is 0 Å². The highest BCUT2D eigenvalue weighted by Gasteiger charge is 1.96. The smallest absolute Gasteiger partial charge is 0.303 e. The maximum absolute atomic E-state index is 10.2. The number of rotatable bonds is 10. The van der Waals surface area contributed by atoms with Gasteiger partial charge < -0.3 is 16.3 Å². The number of carbonyl (C=O) groups is 1. The van der Waals surface area contributed by atoms with Crippen LogP contribution in [0.2, 0.25) is 0 Å². The Morgan fingerprint density at radius 3 is 1.62 bits per heavy atom. The SMILES string of the molecule is Cl.NCCCCCCCCCCC(=O)O.O. The Labute approximate surface area is 104 Å². The van der Waals surface area contributed by atoms with Crippen molar-refractivity contribution < 1.29 is 15.4 Å². The largest absolute Gasteiger partial charge is 0.481 e. The molecule has 0 bridgehead atoms. The van der Waals surface area contributed by atoms with Crippen LogP contribution in [-0.2, 0) is 4.79 Å². The summed E-state index contributed by atoms with van der Waals surface area (Å²) in [6, 6.07) is 0. The van der Waals surface area contributed by atoms with Crippen LogP contribution in [-0.4, -0.2) is 23.1 Å². The fraction of sp³-hybridized carbons (Fsp3) is 0.909. The molecular formula is C11H26ClNO3. The summed E-state index contributed by atoms with van der Waals surface area (Å²) in [6.45, 7) is 0.804. The number of carboxylic acids is 1. The Balaban J connectivity index is -0.000000845. The average Bonchev–Trinajstić information content (AvgIpc) is 2.15. The van der Waals surface area contributed by atoms with E-state index in [1.165, 1.54) is 32.1 Å². The highest BCUT2D eigenvalue weighted by Crippen LogP contribution is 2.09. The lowest BCUT2D eigenvalue weighted by atomic mass is 10.1. The van der Waals surface area contributed by atoms with E-state index in [1.54, 1.807) is 0 Å². The second-order valence-electron chi connectivity index (χ2n) is 3.76. The van der Waals surface area contributed by atoms with Crippen molar-refractivity contribution >= 4 is 18.4 Å². The zero-order chi connectivity index (χ0) is 10.6. The molecule has 0 aromatic carbocycles. The molecule has 0 saturated heterocycles. The van der Waals surface area contributed by atoms with Gasteiger partial charge in [0.2, 0.25) is 0 Å². The molecule has 0 atom stereocenters. The van der Waals surface area contributed by atoms with E-state index in [1.807, 2.05) is 0 Å². The number of nitrogens with two attached hydrogens (primary N) is 1. The zero-order valence-electron chi connectivity index (χ0n) is 9.91. The third-order valence-corrected chi connectivity index (χ3v) is 2.34. The second kappa shape index (κ2) is 17.1. The van der Waals surface area contributed by atoms with E-state index in [0.717, 1.165) is 25.8 Å². The molecule has 0 aromatic rings. The van der Waals surface area contributed by atoms with Crippen molar-refractivity contribution in [1.29, 1.82) is 0 Å². The summed E-state index contributed by atoms with van der Waals surface area (Å²) in [4.78, 5) is 10.2. The highest BCUT2D eigenvalue weighted by atomic mass is 35.5. The van der Waals surface area contributed by atoms with Crippen molar-refractivity contribution in [3.05, 3.63) is 0 Å². The van der Waals surface area contributed by atoms with E-state index in [-0.39, 0.29) is 17.9 Å². The van der Waals surface area contributed by atoms with Gasteiger partial charge >= 0.3 is 5.97 Å². The predicted octanol–water partition coefficient (Wildman–Crippen LogP) is 2.14. The summed E-state index contributed by atoms with van der Waals surface area (Å²) in [7, 11) is 0. The van der Waals surface area contributed by atoms with Crippen LogP contribution < -0.4 is 5.73 Å². The van der Waals surface area contributed by atoms with Crippen LogP contribution in [0, 0.1) is 0 Å². The number of aliphatic carboxylic acids is 1. The molecule has 5 N–H and O–H groups in total. The minimum atomic E-state index is -0.673. The van der Waals surface area contributed by atoms with E-state index >= 15 is 0 Å². The first-order chi connectivity index (χ1) is 6.77. The van der Waals surface area contributed by atoms with Gasteiger partial charge in [-0.2, -0.15) is 0 Å². The summed E-state index contributed by atoms with van der Waals surface area (Å²) < 4.78 is 0. The maximum atomic E-state index is 10.2. The van der Waals surface area contributed by atoms with E-state index in [0.29, 0.717) is 6.42 Å². The van der Waals surface area contributed by atoms with Crippen LogP contribution in [0.5, 0.6) is 0 Å². The molecule has 0 saturated carbocycles. The first-order valence-corrected chi connectivity index (χ1v) is 5.69. The van der Waals surface area contributed by atoms with Gasteiger partial charge in [-0.3, -0.25) is 4.79 Å². The third kappa shape index (κ3) is 19.3. The molecule has 100 valence electrons. The molecule has 16 heavy (non-hydrogen) atoms. The molecule has 0 spiro atoms. The van der Waals surface area contributed by atoms with Crippen molar-refractivity contribution in [2.24, 2.45) is 5.73 Å². The number of unbranched alkanes of at least 4 members (excludes halogenated alkanes) is 7. The van der Waals surface area contributed by atoms with Gasteiger partial charge in [0, 0.05) is 6.42 Å². The average molecular weight is 256 g/mol. The topological polar surface area (TPSA) is 94.8 Å². The highest BCUT2D eigenvalue weighted by molar-refractivity contribution is 5.85. The lowest BCUT2D eigenvalue weighted by Crippen LogP contribution is -1.97. The molecule has 5 heteroatoms. The van der Waals surface area contributed by atoms with Gasteiger partial charge in [-0.1, -0.05) is 38.5 Å². The monoisotopic (exact) mass is 255 g/mol. The Morgan fingerprint density at radius 2 is 1.25 bits per heavy atom. The van der Waals surface area contributed by atoms with E-state index in [2.05, 4.69) is 0 Å². The Bertz CT molecular complexity index is 145. The van der Waals surface area contributed by atoms with Gasteiger partial charge in [-0.15, -0.1) is 12.4 Å². The molecule has 0 aliphatic carbocycles. The predicted molar refractivity (Wildman–Crippen MR) is 69.1 cm³/mol. The molecule has 0 aliphatic heterocycles. The zero-order valence-corrected chi connectivity index (χ0v) is 10.7. The Morgan fingerprint density at radius 1 is 0.875 bits per heavy atom. The van der Waals surface area contributed by atoms with Crippen LogP contribution in [0.15, 0.2) is 0 Å². The lowest BCUT2D eigenvalue weighted by Gasteiger charge is -2.00. The van der Waals surface area contributed by atoms with E-state index in [4.69, 9.17) is 10.8 Å². The maximum Gasteiger partial charge on any atom is 0.303 e. The first-order valence-electron chi connectivity index (χ1n) is 5.69. The molecule has 0 fully saturated rings. The summed E-state index contributed by atoms with van der Waals surface area (Å²) in [5, 5.41) is 8.40. The van der Waals surface area contributed by atoms with Crippen molar-refractivity contribution in [3.8, 4) is 0 Å². The normalized spacial score (nSPS) is 9.06. The minimum absolute atomic E-state index is 0. The first kappa shape index (κ1) is 21.0. The molecule has 4 nitrogen and oxygen atoms in total. The van der Waals surface area contributed by atoms with E-state index in [9.17, 15) is 4.79 Å². The number of halogens is 1. The van der Waals surface area contributed by atoms with Gasteiger partial charge in [0.1, 0.15) is 0 Å². The summed E-state index contributed by atoms with van der Waals surface area (Å²) in [5.41, 5.74) is 5.38. The Hall–Kier alpha value is -0.320. The van der Waals surface area contributed by atoms with Crippen LogP contribution >= 0.6 is 12.4 Å². The third-order valence-electron chi connectivity index (χ3n) is 2.34. The van der Waals surface area contributed by atoms with E-state index < -0.39 is 5.97 Å². The summed E-state index contributed by atoms with van der Waals surface area (Å²) >= 11 is 0. The van der Waals surface area contributed by atoms with Crippen molar-refractivity contribution in [2.75, 3.05) is 6.54 Å².